The summed E-state index contributed by atoms with van der Waals surface area (Å²) < 4.78 is 0. The Morgan fingerprint density at radius 3 is 2.45 bits per heavy atom. The van der Waals surface area contributed by atoms with Crippen LogP contribution in [0.1, 0.15) is 40.0 Å². The van der Waals surface area contributed by atoms with Gasteiger partial charge >= 0.3 is 6.03 Å². The number of amides is 3. The Balaban J connectivity index is 1.34. The van der Waals surface area contributed by atoms with Gasteiger partial charge < -0.3 is 15.5 Å². The smallest absolute Gasteiger partial charge is 0.319 e. The van der Waals surface area contributed by atoms with Crippen LogP contribution >= 0.6 is 0 Å². The van der Waals surface area contributed by atoms with Crippen LogP contribution in [0, 0.1) is 0 Å². The van der Waals surface area contributed by atoms with Gasteiger partial charge in [0.15, 0.2) is 0 Å². The summed E-state index contributed by atoms with van der Waals surface area (Å²) in [5.74, 6) is 0.0609. The molecule has 0 bridgehead atoms. The number of anilines is 1. The number of nitrogens with one attached hydrogen (secondary N) is 2. The van der Waals surface area contributed by atoms with Crippen LogP contribution in [0.2, 0.25) is 0 Å². The van der Waals surface area contributed by atoms with Crippen molar-refractivity contribution in [2.45, 2.75) is 26.1 Å². The maximum Gasteiger partial charge on any atom is 0.319 e. The minimum Gasteiger partial charge on any atom is -0.334 e. The zero-order chi connectivity index (χ0) is 20.2. The fourth-order valence-corrected chi connectivity index (χ4v) is 3.51. The van der Waals surface area contributed by atoms with Gasteiger partial charge in [-0.1, -0.05) is 30.3 Å². The van der Waals surface area contributed by atoms with Crippen molar-refractivity contribution in [3.8, 4) is 0 Å². The fraction of sp³-hybridized carbons (Fsp3) is 0.174. The van der Waals surface area contributed by atoms with E-state index in [4.69, 9.17) is 0 Å². The summed E-state index contributed by atoms with van der Waals surface area (Å²) in [5.41, 5.74) is 4.55. The van der Waals surface area contributed by atoms with E-state index >= 15 is 0 Å². The maximum atomic E-state index is 12.7. The molecule has 2 heterocycles. The predicted molar refractivity (Wildman–Crippen MR) is 111 cm³/mol. The standard InChI is InChI=1S/C23H22N4O2/c1-16-20-4-2-3-5-21(20)22(28)27(16)15-18-6-8-19(9-7-18)26-23(29)25-14-17-10-12-24-13-11-17/h2-13,16H,14-15H2,1H3,(H2,25,26,29). The lowest BCUT2D eigenvalue weighted by Crippen LogP contribution is -2.28. The SMILES string of the molecule is CC1c2ccccc2C(=O)N1Cc1ccc(NC(=O)NCc2ccncc2)cc1. The molecule has 1 unspecified atom stereocenters. The van der Waals surface area contributed by atoms with Crippen molar-refractivity contribution in [1.29, 1.82) is 0 Å². The third-order valence-corrected chi connectivity index (χ3v) is 5.14. The molecule has 0 saturated carbocycles. The molecule has 0 radical (unpaired) electrons. The average molecular weight is 386 g/mol. The summed E-state index contributed by atoms with van der Waals surface area (Å²) in [4.78, 5) is 30.6. The fourth-order valence-electron chi connectivity index (χ4n) is 3.51. The third-order valence-electron chi connectivity index (χ3n) is 5.14. The highest BCUT2D eigenvalue weighted by Crippen LogP contribution is 2.34. The molecule has 6 nitrogen and oxygen atoms in total. The number of carbonyl (C=O) groups excluding carboxylic acids is 2. The number of rotatable bonds is 5. The molecule has 146 valence electrons. The van der Waals surface area contributed by atoms with Gasteiger partial charge in [-0.25, -0.2) is 4.79 Å². The normalized spacial score (nSPS) is 15.1. The minimum absolute atomic E-state index is 0.0514. The number of hydrogen-bond acceptors (Lipinski definition) is 3. The number of urea groups is 1. The van der Waals surface area contributed by atoms with Crippen molar-refractivity contribution in [2.24, 2.45) is 0 Å². The minimum atomic E-state index is -0.270. The van der Waals surface area contributed by atoms with Crippen molar-refractivity contribution in [3.05, 3.63) is 95.3 Å². The molecule has 2 N–H and O–H groups in total. The highest BCUT2D eigenvalue weighted by molar-refractivity contribution is 5.99. The number of aromatic nitrogens is 1. The zero-order valence-corrected chi connectivity index (χ0v) is 16.1. The second-order valence-electron chi connectivity index (χ2n) is 7.06. The number of carbonyl (C=O) groups is 2. The van der Waals surface area contributed by atoms with Crippen LogP contribution in [-0.2, 0) is 13.1 Å². The van der Waals surface area contributed by atoms with Crippen molar-refractivity contribution in [1.82, 2.24) is 15.2 Å². The molecule has 3 aromatic rings. The Bertz CT molecular complexity index is 1020. The molecule has 1 aliphatic rings. The number of nitrogens with zero attached hydrogens (tertiary/aromatic N) is 2. The molecule has 4 rings (SSSR count). The van der Waals surface area contributed by atoms with E-state index in [2.05, 4.69) is 15.6 Å². The van der Waals surface area contributed by atoms with Crippen LogP contribution in [-0.4, -0.2) is 21.8 Å². The molecule has 0 fully saturated rings. The monoisotopic (exact) mass is 386 g/mol. The van der Waals surface area contributed by atoms with Gasteiger partial charge in [0.2, 0.25) is 0 Å². The van der Waals surface area contributed by atoms with Gasteiger partial charge in [-0.05, 0) is 53.9 Å². The summed E-state index contributed by atoms with van der Waals surface area (Å²) in [6.45, 7) is 3.01. The number of benzene rings is 2. The van der Waals surface area contributed by atoms with E-state index in [-0.39, 0.29) is 18.0 Å². The third kappa shape index (κ3) is 4.11. The molecule has 0 aliphatic carbocycles. The molecular weight excluding hydrogens is 364 g/mol. The molecule has 3 amide bonds. The Morgan fingerprint density at radius 1 is 1.00 bits per heavy atom. The first kappa shape index (κ1) is 18.7. The molecule has 29 heavy (non-hydrogen) atoms. The number of hydrogen-bond donors (Lipinski definition) is 2. The van der Waals surface area contributed by atoms with Gasteiger partial charge in [0.1, 0.15) is 0 Å². The molecular formula is C23H22N4O2. The van der Waals surface area contributed by atoms with Gasteiger partial charge in [-0.3, -0.25) is 9.78 Å². The lowest BCUT2D eigenvalue weighted by Gasteiger charge is -2.22. The topological polar surface area (TPSA) is 74.3 Å². The lowest BCUT2D eigenvalue weighted by atomic mass is 10.1. The van der Waals surface area contributed by atoms with Gasteiger partial charge in [-0.15, -0.1) is 0 Å². The first-order valence-electron chi connectivity index (χ1n) is 9.54. The Hall–Kier alpha value is -3.67. The number of fused-ring (bicyclic) bond motifs is 1. The van der Waals surface area contributed by atoms with Crippen LogP contribution < -0.4 is 10.6 Å². The quantitative estimate of drug-likeness (QED) is 0.693. The average Bonchev–Trinajstić information content (AvgIpc) is 2.99. The largest absolute Gasteiger partial charge is 0.334 e. The Morgan fingerprint density at radius 2 is 1.72 bits per heavy atom. The highest BCUT2D eigenvalue weighted by Gasteiger charge is 2.33. The van der Waals surface area contributed by atoms with E-state index in [9.17, 15) is 9.59 Å². The molecule has 1 aliphatic heterocycles. The van der Waals surface area contributed by atoms with Crippen LogP contribution in [0.4, 0.5) is 10.5 Å². The Kier molecular flexibility index (Phi) is 5.24. The Labute approximate surface area is 169 Å². The first-order chi connectivity index (χ1) is 14.1. The summed E-state index contributed by atoms with van der Waals surface area (Å²) in [6, 6.07) is 18.8. The second-order valence-corrected chi connectivity index (χ2v) is 7.06. The molecule has 6 heteroatoms. The van der Waals surface area contributed by atoms with E-state index < -0.39 is 0 Å². The van der Waals surface area contributed by atoms with Crippen molar-refractivity contribution in [2.75, 3.05) is 5.32 Å². The van der Waals surface area contributed by atoms with Gasteiger partial charge in [0.25, 0.3) is 5.91 Å². The molecule has 1 aromatic heterocycles. The van der Waals surface area contributed by atoms with E-state index in [0.717, 1.165) is 22.3 Å². The van der Waals surface area contributed by atoms with Crippen LogP contribution in [0.15, 0.2) is 73.1 Å². The summed E-state index contributed by atoms with van der Waals surface area (Å²) >= 11 is 0. The highest BCUT2D eigenvalue weighted by atomic mass is 16.2. The molecule has 1 atom stereocenters. The summed E-state index contributed by atoms with van der Waals surface area (Å²) in [7, 11) is 0. The van der Waals surface area contributed by atoms with Gasteiger partial charge in [0.05, 0.1) is 6.04 Å². The molecule has 0 spiro atoms. The molecule has 0 saturated heterocycles. The van der Waals surface area contributed by atoms with Crippen LogP contribution in [0.3, 0.4) is 0 Å². The van der Waals surface area contributed by atoms with Crippen molar-refractivity contribution in [3.63, 3.8) is 0 Å². The molecule has 2 aromatic carbocycles. The summed E-state index contributed by atoms with van der Waals surface area (Å²) in [6.07, 6.45) is 3.39. The van der Waals surface area contributed by atoms with E-state index in [1.54, 1.807) is 12.4 Å². The van der Waals surface area contributed by atoms with E-state index in [1.807, 2.05) is 72.5 Å². The second kappa shape index (κ2) is 8.14. The van der Waals surface area contributed by atoms with Gasteiger partial charge in [-0.2, -0.15) is 0 Å². The van der Waals surface area contributed by atoms with Crippen molar-refractivity contribution >= 4 is 17.6 Å². The predicted octanol–water partition coefficient (Wildman–Crippen LogP) is 4.12. The van der Waals surface area contributed by atoms with Gasteiger partial charge in [0, 0.05) is 36.7 Å². The summed E-state index contributed by atoms with van der Waals surface area (Å²) in [5, 5.41) is 5.63. The van der Waals surface area contributed by atoms with E-state index in [1.165, 1.54) is 0 Å². The van der Waals surface area contributed by atoms with Crippen LogP contribution in [0.25, 0.3) is 0 Å². The van der Waals surface area contributed by atoms with Crippen LogP contribution in [0.5, 0.6) is 0 Å². The first-order valence-corrected chi connectivity index (χ1v) is 9.54. The lowest BCUT2D eigenvalue weighted by molar-refractivity contribution is 0.0723. The zero-order valence-electron chi connectivity index (χ0n) is 16.1. The maximum absolute atomic E-state index is 12.7. The number of pyridine rings is 1. The van der Waals surface area contributed by atoms with E-state index in [0.29, 0.717) is 18.8 Å². The van der Waals surface area contributed by atoms with Crippen molar-refractivity contribution < 1.29 is 9.59 Å².